The fourth-order valence-electron chi connectivity index (χ4n) is 3.25. The molecule has 0 bridgehead atoms. The van der Waals surface area contributed by atoms with Gasteiger partial charge in [0.15, 0.2) is 0 Å². The minimum absolute atomic E-state index is 0.214. The second-order valence-electron chi connectivity index (χ2n) is 6.20. The Morgan fingerprint density at radius 1 is 1.14 bits per heavy atom. The third-order valence-electron chi connectivity index (χ3n) is 4.39. The maximum absolute atomic E-state index is 12.1. The predicted octanol–water partition coefficient (Wildman–Crippen LogP) is 4.59. The summed E-state index contributed by atoms with van der Waals surface area (Å²) in [7, 11) is 0. The minimum atomic E-state index is -2.76. The molecular weight excluding hydrogens is 272 g/mol. The molecule has 0 amide bonds. The Balaban J connectivity index is 1.86. The quantitative estimate of drug-likeness (QED) is 0.829. The largest absolute Gasteiger partial charge is 0.435 e. The Morgan fingerprint density at radius 2 is 1.81 bits per heavy atom. The van der Waals surface area contributed by atoms with Crippen LogP contribution in [0.5, 0.6) is 5.75 Å². The van der Waals surface area contributed by atoms with Crippen molar-refractivity contribution < 1.29 is 13.5 Å². The predicted molar refractivity (Wildman–Crippen MR) is 80.5 cm³/mol. The molecular formula is C17H25F2NO. The van der Waals surface area contributed by atoms with E-state index >= 15 is 0 Å². The number of ether oxygens (including phenoxy) is 1. The summed E-state index contributed by atoms with van der Waals surface area (Å²) in [6.07, 6.45) is 5.16. The van der Waals surface area contributed by atoms with Crippen molar-refractivity contribution in [2.24, 2.45) is 11.8 Å². The first kappa shape index (κ1) is 16.2. The van der Waals surface area contributed by atoms with Crippen LogP contribution < -0.4 is 10.1 Å². The molecule has 2 nitrogen and oxygen atoms in total. The molecule has 0 spiro atoms. The van der Waals surface area contributed by atoms with Crippen molar-refractivity contribution >= 4 is 0 Å². The van der Waals surface area contributed by atoms with E-state index in [1.807, 2.05) is 12.1 Å². The van der Waals surface area contributed by atoms with Crippen LogP contribution in [0.15, 0.2) is 24.3 Å². The monoisotopic (exact) mass is 297 g/mol. The van der Waals surface area contributed by atoms with Crippen LogP contribution in [0.25, 0.3) is 0 Å². The van der Waals surface area contributed by atoms with Crippen molar-refractivity contribution in [2.75, 3.05) is 0 Å². The second kappa shape index (κ2) is 7.74. The van der Waals surface area contributed by atoms with Gasteiger partial charge in [-0.1, -0.05) is 38.8 Å². The first-order valence-electron chi connectivity index (χ1n) is 7.83. The standard InChI is InChI=1S/C17H25F2NO/c1-12(2)15-5-3-4-6-16(15)20-11-13-7-9-14(10-8-13)21-17(18)19/h7-10,12,15-17,20H,3-6,11H2,1-2H3. The lowest BCUT2D eigenvalue weighted by molar-refractivity contribution is -0.0498. The van der Waals surface area contributed by atoms with Gasteiger partial charge >= 0.3 is 6.61 Å². The van der Waals surface area contributed by atoms with Crippen molar-refractivity contribution in [1.29, 1.82) is 0 Å². The molecule has 2 unspecified atom stereocenters. The summed E-state index contributed by atoms with van der Waals surface area (Å²) in [4.78, 5) is 0. The Bertz CT molecular complexity index is 419. The lowest BCUT2D eigenvalue weighted by Crippen LogP contribution is -2.40. The van der Waals surface area contributed by atoms with Gasteiger partial charge in [-0.2, -0.15) is 8.78 Å². The van der Waals surface area contributed by atoms with Gasteiger partial charge in [-0.25, -0.2) is 0 Å². The molecule has 2 rings (SSSR count). The maximum Gasteiger partial charge on any atom is 0.387 e. The Morgan fingerprint density at radius 3 is 2.43 bits per heavy atom. The first-order chi connectivity index (χ1) is 10.1. The van der Waals surface area contributed by atoms with Gasteiger partial charge in [0.25, 0.3) is 0 Å². The van der Waals surface area contributed by atoms with Crippen molar-refractivity contribution in [2.45, 2.75) is 58.7 Å². The number of halogens is 2. The number of alkyl halides is 2. The van der Waals surface area contributed by atoms with E-state index < -0.39 is 6.61 Å². The first-order valence-corrected chi connectivity index (χ1v) is 7.83. The van der Waals surface area contributed by atoms with Crippen LogP contribution >= 0.6 is 0 Å². The third-order valence-corrected chi connectivity index (χ3v) is 4.39. The topological polar surface area (TPSA) is 21.3 Å². The highest BCUT2D eigenvalue weighted by molar-refractivity contribution is 5.27. The van der Waals surface area contributed by atoms with E-state index in [9.17, 15) is 8.78 Å². The minimum Gasteiger partial charge on any atom is -0.435 e. The summed E-state index contributed by atoms with van der Waals surface area (Å²) >= 11 is 0. The molecule has 1 aliphatic rings. The molecule has 4 heteroatoms. The Labute approximate surface area is 125 Å². The molecule has 1 fully saturated rings. The summed E-state index contributed by atoms with van der Waals surface area (Å²) in [6.45, 7) is 2.61. The average Bonchev–Trinajstić information content (AvgIpc) is 2.46. The fourth-order valence-corrected chi connectivity index (χ4v) is 3.25. The zero-order chi connectivity index (χ0) is 15.2. The molecule has 0 saturated heterocycles. The Hall–Kier alpha value is -1.16. The lowest BCUT2D eigenvalue weighted by atomic mass is 9.78. The molecule has 1 saturated carbocycles. The summed E-state index contributed by atoms with van der Waals surface area (Å²) < 4.78 is 28.6. The lowest BCUT2D eigenvalue weighted by Gasteiger charge is -2.35. The number of rotatable bonds is 6. The normalized spacial score (nSPS) is 22.8. The molecule has 1 aromatic carbocycles. The van der Waals surface area contributed by atoms with Gasteiger partial charge in [0.1, 0.15) is 5.75 Å². The van der Waals surface area contributed by atoms with Crippen LogP contribution in [0.3, 0.4) is 0 Å². The van der Waals surface area contributed by atoms with Crippen LogP contribution in [-0.4, -0.2) is 12.7 Å². The fraction of sp³-hybridized carbons (Fsp3) is 0.647. The summed E-state index contributed by atoms with van der Waals surface area (Å²) in [5.74, 6) is 1.65. The van der Waals surface area contributed by atoms with E-state index in [0.29, 0.717) is 12.0 Å². The van der Waals surface area contributed by atoms with Crippen LogP contribution in [0.1, 0.15) is 45.1 Å². The molecule has 21 heavy (non-hydrogen) atoms. The molecule has 1 aliphatic carbocycles. The van der Waals surface area contributed by atoms with E-state index in [1.165, 1.54) is 25.7 Å². The van der Waals surface area contributed by atoms with Gasteiger partial charge < -0.3 is 10.1 Å². The molecule has 0 heterocycles. The molecule has 2 atom stereocenters. The molecule has 0 radical (unpaired) electrons. The number of hydrogen-bond donors (Lipinski definition) is 1. The van der Waals surface area contributed by atoms with E-state index in [0.717, 1.165) is 18.0 Å². The summed E-state index contributed by atoms with van der Waals surface area (Å²) in [6, 6.07) is 7.46. The van der Waals surface area contributed by atoms with Gasteiger partial charge in [0.05, 0.1) is 0 Å². The molecule has 1 N–H and O–H groups in total. The van der Waals surface area contributed by atoms with Crippen LogP contribution in [0, 0.1) is 11.8 Å². The van der Waals surface area contributed by atoms with Crippen LogP contribution in [0.4, 0.5) is 8.78 Å². The van der Waals surface area contributed by atoms with Gasteiger partial charge in [-0.3, -0.25) is 0 Å². The van der Waals surface area contributed by atoms with Gasteiger partial charge in [-0.15, -0.1) is 0 Å². The molecule has 1 aromatic rings. The highest BCUT2D eigenvalue weighted by Gasteiger charge is 2.26. The van der Waals surface area contributed by atoms with E-state index in [2.05, 4.69) is 23.9 Å². The van der Waals surface area contributed by atoms with Crippen molar-refractivity contribution in [3.8, 4) is 5.75 Å². The number of benzene rings is 1. The molecule has 0 aromatic heterocycles. The molecule has 0 aliphatic heterocycles. The van der Waals surface area contributed by atoms with Gasteiger partial charge in [0, 0.05) is 12.6 Å². The van der Waals surface area contributed by atoms with Crippen molar-refractivity contribution in [3.05, 3.63) is 29.8 Å². The maximum atomic E-state index is 12.1. The van der Waals surface area contributed by atoms with E-state index in [-0.39, 0.29) is 5.75 Å². The van der Waals surface area contributed by atoms with Crippen molar-refractivity contribution in [3.63, 3.8) is 0 Å². The smallest absolute Gasteiger partial charge is 0.387 e. The van der Waals surface area contributed by atoms with Crippen molar-refractivity contribution in [1.82, 2.24) is 5.32 Å². The SMILES string of the molecule is CC(C)C1CCCCC1NCc1ccc(OC(F)F)cc1. The van der Waals surface area contributed by atoms with Gasteiger partial charge in [0.2, 0.25) is 0 Å². The van der Waals surface area contributed by atoms with E-state index in [1.54, 1.807) is 12.1 Å². The highest BCUT2D eigenvalue weighted by Crippen LogP contribution is 2.30. The number of hydrogen-bond acceptors (Lipinski definition) is 2. The summed E-state index contributed by atoms with van der Waals surface area (Å²) in [5, 5.41) is 3.64. The highest BCUT2D eigenvalue weighted by atomic mass is 19.3. The van der Waals surface area contributed by atoms with Crippen LogP contribution in [-0.2, 0) is 6.54 Å². The average molecular weight is 297 g/mol. The third kappa shape index (κ3) is 4.95. The second-order valence-corrected chi connectivity index (χ2v) is 6.20. The molecule has 118 valence electrons. The zero-order valence-corrected chi connectivity index (χ0v) is 12.8. The Kier molecular flexibility index (Phi) is 5.97. The number of nitrogens with one attached hydrogen (secondary N) is 1. The zero-order valence-electron chi connectivity index (χ0n) is 12.8. The van der Waals surface area contributed by atoms with Crippen LogP contribution in [0.2, 0.25) is 0 Å². The van der Waals surface area contributed by atoms with Gasteiger partial charge in [-0.05, 0) is 42.4 Å². The van der Waals surface area contributed by atoms with E-state index in [4.69, 9.17) is 0 Å². The summed E-state index contributed by atoms with van der Waals surface area (Å²) in [5.41, 5.74) is 1.10.